The molecule has 2 amide bonds. The average Bonchev–Trinajstić information content (AvgIpc) is 3.41. The highest BCUT2D eigenvalue weighted by atomic mass is 32.1. The van der Waals surface area contributed by atoms with Crippen LogP contribution in [0.4, 0.5) is 5.69 Å². The fraction of sp³-hybridized carbons (Fsp3) is 0.200. The molecule has 1 aliphatic rings. The second-order valence-electron chi connectivity index (χ2n) is 7.14. The normalized spacial score (nSPS) is 13.6. The average molecular weight is 449 g/mol. The molecule has 0 atom stereocenters. The van der Waals surface area contributed by atoms with E-state index in [9.17, 15) is 9.59 Å². The van der Waals surface area contributed by atoms with Gasteiger partial charge in [0.15, 0.2) is 0 Å². The van der Waals surface area contributed by atoms with Crippen LogP contribution in [0, 0.1) is 0 Å². The number of benzene rings is 2. The van der Waals surface area contributed by atoms with Gasteiger partial charge in [0.2, 0.25) is 0 Å². The number of carbonyl (C=O) groups excluding carboxylic acids is 2. The molecule has 0 bridgehead atoms. The topological polar surface area (TPSA) is 67.9 Å². The first-order chi connectivity index (χ1) is 15.6. The molecule has 0 fully saturated rings. The summed E-state index contributed by atoms with van der Waals surface area (Å²) in [5.41, 5.74) is 2.34. The van der Waals surface area contributed by atoms with Crippen LogP contribution in [-0.2, 0) is 16.0 Å². The molecule has 0 saturated carbocycles. The van der Waals surface area contributed by atoms with Crippen LogP contribution >= 0.6 is 11.3 Å². The zero-order valence-electron chi connectivity index (χ0n) is 18.0. The van der Waals surface area contributed by atoms with Gasteiger partial charge in [0.1, 0.15) is 17.2 Å². The number of thiophene rings is 1. The van der Waals surface area contributed by atoms with E-state index >= 15 is 0 Å². The van der Waals surface area contributed by atoms with E-state index in [0.717, 1.165) is 16.2 Å². The summed E-state index contributed by atoms with van der Waals surface area (Å²) in [6, 6.07) is 18.7. The molecule has 0 unspecified atom stereocenters. The molecule has 7 heteroatoms. The monoisotopic (exact) mass is 448 g/mol. The maximum Gasteiger partial charge on any atom is 0.278 e. The minimum absolute atomic E-state index is 0.277. The van der Waals surface area contributed by atoms with Crippen LogP contribution in [0.5, 0.6) is 11.5 Å². The Bertz CT molecular complexity index is 1140. The van der Waals surface area contributed by atoms with E-state index in [0.29, 0.717) is 30.0 Å². The lowest BCUT2D eigenvalue weighted by Gasteiger charge is -2.16. The Morgan fingerprint density at radius 2 is 1.75 bits per heavy atom. The largest absolute Gasteiger partial charge is 0.497 e. The van der Waals surface area contributed by atoms with Crippen LogP contribution in [0.25, 0.3) is 5.57 Å². The van der Waals surface area contributed by atoms with Gasteiger partial charge in [-0.25, -0.2) is 0 Å². The van der Waals surface area contributed by atoms with E-state index in [-0.39, 0.29) is 24.1 Å². The molecule has 164 valence electrons. The van der Waals surface area contributed by atoms with Crippen molar-refractivity contribution in [1.82, 2.24) is 4.90 Å². The molecule has 0 spiro atoms. The van der Waals surface area contributed by atoms with Gasteiger partial charge in [0.25, 0.3) is 11.8 Å². The van der Waals surface area contributed by atoms with E-state index < -0.39 is 0 Å². The molecule has 6 nitrogen and oxygen atoms in total. The summed E-state index contributed by atoms with van der Waals surface area (Å²) in [6.07, 6.45) is 0.558. The maximum atomic E-state index is 13.3. The van der Waals surface area contributed by atoms with Crippen molar-refractivity contribution in [1.29, 1.82) is 0 Å². The van der Waals surface area contributed by atoms with Crippen molar-refractivity contribution in [2.24, 2.45) is 0 Å². The fourth-order valence-electron chi connectivity index (χ4n) is 3.56. The number of amides is 2. The standard InChI is InChI=1S/C25H24N2O4S/c1-3-31-20-8-5-4-7-19(20)26-23-22(21-9-6-16-32-21)24(28)27(25(23)29)15-14-17-10-12-18(30-2)13-11-17/h4-13,16,26H,3,14-15H2,1-2H3. The van der Waals surface area contributed by atoms with Crippen molar-refractivity contribution in [3.8, 4) is 11.5 Å². The Morgan fingerprint density at radius 1 is 0.969 bits per heavy atom. The summed E-state index contributed by atoms with van der Waals surface area (Å²) in [4.78, 5) is 28.7. The summed E-state index contributed by atoms with van der Waals surface area (Å²) in [5, 5.41) is 5.08. The molecular formula is C25H24N2O4S. The van der Waals surface area contributed by atoms with E-state index in [1.165, 1.54) is 16.2 Å². The number of ether oxygens (including phenoxy) is 2. The fourth-order valence-corrected chi connectivity index (χ4v) is 4.33. The van der Waals surface area contributed by atoms with E-state index in [2.05, 4.69) is 5.32 Å². The zero-order chi connectivity index (χ0) is 22.5. The first-order valence-corrected chi connectivity index (χ1v) is 11.3. The SMILES string of the molecule is CCOc1ccccc1NC1=C(c2cccs2)C(=O)N(CCc2ccc(OC)cc2)C1=O. The third-order valence-corrected chi connectivity index (χ3v) is 6.05. The number of nitrogens with one attached hydrogen (secondary N) is 1. The molecule has 1 aliphatic heterocycles. The second-order valence-corrected chi connectivity index (χ2v) is 8.09. The van der Waals surface area contributed by atoms with Gasteiger partial charge < -0.3 is 14.8 Å². The van der Waals surface area contributed by atoms with Gasteiger partial charge in [-0.3, -0.25) is 14.5 Å². The molecule has 0 saturated heterocycles. The predicted octanol–water partition coefficient (Wildman–Crippen LogP) is 4.59. The molecule has 32 heavy (non-hydrogen) atoms. The number of carbonyl (C=O) groups is 2. The van der Waals surface area contributed by atoms with Crippen LogP contribution in [0.2, 0.25) is 0 Å². The number of anilines is 1. The molecular weight excluding hydrogens is 424 g/mol. The minimum Gasteiger partial charge on any atom is -0.497 e. The predicted molar refractivity (Wildman–Crippen MR) is 126 cm³/mol. The van der Waals surface area contributed by atoms with Crippen molar-refractivity contribution in [2.45, 2.75) is 13.3 Å². The van der Waals surface area contributed by atoms with Crippen LogP contribution in [0.3, 0.4) is 0 Å². The van der Waals surface area contributed by atoms with Crippen molar-refractivity contribution < 1.29 is 19.1 Å². The van der Waals surface area contributed by atoms with Crippen molar-refractivity contribution >= 4 is 34.4 Å². The van der Waals surface area contributed by atoms with Crippen LogP contribution in [-0.4, -0.2) is 37.0 Å². The van der Waals surface area contributed by atoms with E-state index in [4.69, 9.17) is 9.47 Å². The highest BCUT2D eigenvalue weighted by molar-refractivity contribution is 7.11. The lowest BCUT2D eigenvalue weighted by molar-refractivity contribution is -0.136. The van der Waals surface area contributed by atoms with E-state index in [1.807, 2.05) is 73.0 Å². The number of nitrogens with zero attached hydrogens (tertiary/aromatic N) is 1. The summed E-state index contributed by atoms with van der Waals surface area (Å²) >= 11 is 1.43. The quantitative estimate of drug-likeness (QED) is 0.485. The molecule has 1 aromatic heterocycles. The summed E-state index contributed by atoms with van der Waals surface area (Å²) in [5.74, 6) is 0.772. The molecule has 2 aromatic carbocycles. The van der Waals surface area contributed by atoms with Crippen molar-refractivity contribution in [3.63, 3.8) is 0 Å². The molecule has 2 heterocycles. The van der Waals surface area contributed by atoms with Gasteiger partial charge in [-0.2, -0.15) is 0 Å². The Hall–Kier alpha value is -3.58. The van der Waals surface area contributed by atoms with Crippen molar-refractivity contribution in [2.75, 3.05) is 25.6 Å². The van der Waals surface area contributed by atoms with Gasteiger partial charge in [-0.05, 0) is 54.6 Å². The number of hydrogen-bond acceptors (Lipinski definition) is 6. The van der Waals surface area contributed by atoms with Gasteiger partial charge in [0.05, 0.1) is 25.0 Å². The smallest absolute Gasteiger partial charge is 0.278 e. The van der Waals surface area contributed by atoms with E-state index in [1.54, 1.807) is 7.11 Å². The highest BCUT2D eigenvalue weighted by Crippen LogP contribution is 2.35. The van der Waals surface area contributed by atoms with Crippen molar-refractivity contribution in [3.05, 3.63) is 82.2 Å². The Balaban J connectivity index is 1.61. The maximum absolute atomic E-state index is 13.3. The molecule has 3 aromatic rings. The van der Waals surface area contributed by atoms with Gasteiger partial charge in [-0.1, -0.05) is 30.3 Å². The molecule has 4 rings (SSSR count). The molecule has 0 aliphatic carbocycles. The number of imide groups is 1. The molecule has 1 N–H and O–H groups in total. The van der Waals surface area contributed by atoms with Gasteiger partial charge in [-0.15, -0.1) is 11.3 Å². The Morgan fingerprint density at radius 3 is 2.44 bits per heavy atom. The lowest BCUT2D eigenvalue weighted by atomic mass is 10.1. The first-order valence-electron chi connectivity index (χ1n) is 10.4. The number of methoxy groups -OCH3 is 1. The summed E-state index contributed by atoms with van der Waals surface area (Å²) < 4.78 is 10.9. The first kappa shape index (κ1) is 21.6. The third-order valence-electron chi connectivity index (χ3n) is 5.17. The van der Waals surface area contributed by atoms with Gasteiger partial charge in [0, 0.05) is 11.4 Å². The van der Waals surface area contributed by atoms with Crippen LogP contribution < -0.4 is 14.8 Å². The minimum atomic E-state index is -0.335. The molecule has 0 radical (unpaired) electrons. The number of hydrogen-bond donors (Lipinski definition) is 1. The summed E-state index contributed by atoms with van der Waals surface area (Å²) in [7, 11) is 1.62. The van der Waals surface area contributed by atoms with Crippen LogP contribution in [0.1, 0.15) is 17.4 Å². The number of rotatable bonds is 9. The lowest BCUT2D eigenvalue weighted by Crippen LogP contribution is -2.34. The Labute approximate surface area is 191 Å². The zero-order valence-corrected chi connectivity index (χ0v) is 18.8. The summed E-state index contributed by atoms with van der Waals surface area (Å²) in [6.45, 7) is 2.69. The Kier molecular flexibility index (Phi) is 6.56. The van der Waals surface area contributed by atoms with Crippen LogP contribution in [0.15, 0.2) is 71.7 Å². The third kappa shape index (κ3) is 4.38. The second kappa shape index (κ2) is 9.70. The highest BCUT2D eigenvalue weighted by Gasteiger charge is 2.39. The van der Waals surface area contributed by atoms with Gasteiger partial charge >= 0.3 is 0 Å². The number of para-hydroxylation sites is 2.